The molecule has 0 amide bonds. The molecule has 19 heavy (non-hydrogen) atoms. The van der Waals surface area contributed by atoms with E-state index >= 15 is 0 Å². The highest BCUT2D eigenvalue weighted by molar-refractivity contribution is 6.03. The zero-order valence-electron chi connectivity index (χ0n) is 10.4. The molecule has 0 radical (unpaired) electrons. The third kappa shape index (κ3) is 2.65. The van der Waals surface area contributed by atoms with E-state index in [4.69, 9.17) is 4.74 Å². The lowest BCUT2D eigenvalue weighted by Crippen LogP contribution is -2.21. The van der Waals surface area contributed by atoms with Crippen LogP contribution in [-0.2, 0) is 9.59 Å². The Morgan fingerprint density at radius 3 is 2.84 bits per heavy atom. The number of hydrogen-bond donors (Lipinski definition) is 1. The van der Waals surface area contributed by atoms with Crippen molar-refractivity contribution < 1.29 is 23.8 Å². The fourth-order valence-electron chi connectivity index (χ4n) is 2.22. The molecule has 1 unspecified atom stereocenters. The van der Waals surface area contributed by atoms with Crippen LogP contribution < -0.4 is 4.74 Å². The number of methoxy groups -OCH3 is 1. The van der Waals surface area contributed by atoms with Crippen LogP contribution in [-0.4, -0.2) is 24.0 Å². The molecule has 0 bridgehead atoms. The van der Waals surface area contributed by atoms with Crippen LogP contribution in [0.1, 0.15) is 18.4 Å². The monoisotopic (exact) mass is 264 g/mol. The molecule has 0 aliphatic heterocycles. The lowest BCUT2D eigenvalue weighted by atomic mass is 9.83. The zero-order valence-corrected chi connectivity index (χ0v) is 10.4. The number of carboxylic acid groups (broad SMARTS) is 1. The molecule has 0 fully saturated rings. The van der Waals surface area contributed by atoms with E-state index in [0.29, 0.717) is 16.9 Å². The molecule has 1 aliphatic rings. The van der Waals surface area contributed by atoms with Gasteiger partial charge in [-0.25, -0.2) is 4.39 Å². The number of carbonyl (C=O) groups is 2. The minimum Gasteiger partial charge on any atom is -0.496 e. The van der Waals surface area contributed by atoms with Gasteiger partial charge in [-0.15, -0.1) is 0 Å². The van der Waals surface area contributed by atoms with Crippen molar-refractivity contribution in [2.45, 2.75) is 12.8 Å². The molecule has 1 atom stereocenters. The molecule has 100 valence electrons. The van der Waals surface area contributed by atoms with Crippen LogP contribution >= 0.6 is 0 Å². The molecule has 2 rings (SSSR count). The number of allylic oxidation sites excluding steroid dienone is 1. The highest BCUT2D eigenvalue weighted by atomic mass is 19.1. The summed E-state index contributed by atoms with van der Waals surface area (Å²) in [6.45, 7) is 0. The molecule has 1 aromatic rings. The minimum atomic E-state index is -1.02. The summed E-state index contributed by atoms with van der Waals surface area (Å²) in [5.41, 5.74) is 0.628. The number of rotatable bonds is 3. The number of benzene rings is 1. The van der Waals surface area contributed by atoms with Crippen molar-refractivity contribution in [3.63, 3.8) is 0 Å². The lowest BCUT2D eigenvalue weighted by molar-refractivity contribution is -0.140. The Kier molecular flexibility index (Phi) is 3.64. The number of hydrogen-bond acceptors (Lipinski definition) is 3. The Balaban J connectivity index is 2.56. The van der Waals surface area contributed by atoms with E-state index in [-0.39, 0.29) is 18.6 Å². The van der Waals surface area contributed by atoms with Crippen LogP contribution in [0.5, 0.6) is 5.75 Å². The van der Waals surface area contributed by atoms with Gasteiger partial charge in [0.25, 0.3) is 0 Å². The Morgan fingerprint density at radius 1 is 1.47 bits per heavy atom. The Hall–Kier alpha value is -2.17. The third-order valence-corrected chi connectivity index (χ3v) is 3.14. The van der Waals surface area contributed by atoms with Gasteiger partial charge >= 0.3 is 5.97 Å². The van der Waals surface area contributed by atoms with E-state index in [1.165, 1.54) is 31.4 Å². The molecule has 0 spiro atoms. The maximum Gasteiger partial charge on any atom is 0.311 e. The van der Waals surface area contributed by atoms with E-state index < -0.39 is 17.7 Å². The van der Waals surface area contributed by atoms with E-state index in [2.05, 4.69) is 0 Å². The molecule has 1 aliphatic carbocycles. The van der Waals surface area contributed by atoms with Crippen molar-refractivity contribution in [3.05, 3.63) is 35.7 Å². The van der Waals surface area contributed by atoms with Gasteiger partial charge in [0.2, 0.25) is 0 Å². The first-order chi connectivity index (χ1) is 9.02. The van der Waals surface area contributed by atoms with Gasteiger partial charge in [-0.3, -0.25) is 9.59 Å². The van der Waals surface area contributed by atoms with Crippen LogP contribution in [0.2, 0.25) is 0 Å². The number of carboxylic acids is 1. The van der Waals surface area contributed by atoms with Gasteiger partial charge in [-0.05, 0) is 36.3 Å². The Morgan fingerprint density at radius 2 is 2.21 bits per heavy atom. The fourth-order valence-corrected chi connectivity index (χ4v) is 2.22. The van der Waals surface area contributed by atoms with E-state index in [0.717, 1.165) is 0 Å². The average Bonchev–Trinajstić information content (AvgIpc) is 2.38. The SMILES string of the molecule is COc1ccc(F)cc1C1=CC(=O)CCC1C(=O)O. The molecule has 0 saturated heterocycles. The van der Waals surface area contributed by atoms with Crippen LogP contribution in [0, 0.1) is 11.7 Å². The van der Waals surface area contributed by atoms with E-state index in [1.54, 1.807) is 0 Å². The van der Waals surface area contributed by atoms with Gasteiger partial charge in [0.15, 0.2) is 5.78 Å². The first-order valence-electron chi connectivity index (χ1n) is 5.84. The van der Waals surface area contributed by atoms with Gasteiger partial charge < -0.3 is 9.84 Å². The minimum absolute atomic E-state index is 0.154. The highest BCUT2D eigenvalue weighted by Gasteiger charge is 2.30. The Bertz CT molecular complexity index is 563. The van der Waals surface area contributed by atoms with E-state index in [1.807, 2.05) is 0 Å². The molecule has 0 saturated carbocycles. The summed E-state index contributed by atoms with van der Waals surface area (Å²) in [7, 11) is 1.41. The van der Waals surface area contributed by atoms with Crippen molar-refractivity contribution in [3.8, 4) is 5.75 Å². The molecule has 0 aromatic heterocycles. The van der Waals surface area contributed by atoms with Crippen LogP contribution in [0.4, 0.5) is 4.39 Å². The second-order valence-electron chi connectivity index (χ2n) is 4.34. The summed E-state index contributed by atoms with van der Waals surface area (Å²) in [4.78, 5) is 22.7. The van der Waals surface area contributed by atoms with Gasteiger partial charge in [0, 0.05) is 12.0 Å². The first-order valence-corrected chi connectivity index (χ1v) is 5.84. The fraction of sp³-hybridized carbons (Fsp3) is 0.286. The molecule has 0 heterocycles. The zero-order chi connectivity index (χ0) is 14.0. The lowest BCUT2D eigenvalue weighted by Gasteiger charge is -2.21. The topological polar surface area (TPSA) is 63.6 Å². The van der Waals surface area contributed by atoms with Crippen molar-refractivity contribution in [1.82, 2.24) is 0 Å². The molecule has 1 aromatic carbocycles. The number of ketones is 1. The van der Waals surface area contributed by atoms with Crippen molar-refractivity contribution >= 4 is 17.3 Å². The standard InChI is InChI=1S/C14H13FO4/c1-19-13-5-2-8(15)6-12(13)11-7-9(16)3-4-10(11)14(17)18/h2,5-7,10H,3-4H2,1H3,(H,17,18). The first kappa shape index (κ1) is 13.3. The molecule has 1 N–H and O–H groups in total. The number of ether oxygens (including phenoxy) is 1. The maximum absolute atomic E-state index is 13.3. The van der Waals surface area contributed by atoms with Crippen LogP contribution in [0.3, 0.4) is 0 Å². The quantitative estimate of drug-likeness (QED) is 0.909. The van der Waals surface area contributed by atoms with Crippen LogP contribution in [0.25, 0.3) is 5.57 Å². The van der Waals surface area contributed by atoms with Crippen molar-refractivity contribution in [2.24, 2.45) is 5.92 Å². The van der Waals surface area contributed by atoms with Gasteiger partial charge in [-0.1, -0.05) is 0 Å². The highest BCUT2D eigenvalue weighted by Crippen LogP contribution is 2.36. The van der Waals surface area contributed by atoms with E-state index in [9.17, 15) is 19.1 Å². The summed E-state index contributed by atoms with van der Waals surface area (Å²) in [5, 5.41) is 9.20. The average molecular weight is 264 g/mol. The molecular weight excluding hydrogens is 251 g/mol. The predicted octanol–water partition coefficient (Wildman–Crippen LogP) is 2.28. The number of aliphatic carboxylic acids is 1. The maximum atomic E-state index is 13.3. The van der Waals surface area contributed by atoms with Gasteiger partial charge in [0.05, 0.1) is 13.0 Å². The predicted molar refractivity (Wildman–Crippen MR) is 66.3 cm³/mol. The number of halogens is 1. The number of carbonyl (C=O) groups excluding carboxylic acids is 1. The molecule has 4 nitrogen and oxygen atoms in total. The normalized spacial score (nSPS) is 18.9. The smallest absolute Gasteiger partial charge is 0.311 e. The summed E-state index contributed by atoms with van der Waals surface area (Å²) in [6.07, 6.45) is 1.69. The molecular formula is C14H13FO4. The summed E-state index contributed by atoms with van der Waals surface area (Å²) >= 11 is 0. The van der Waals surface area contributed by atoms with Crippen molar-refractivity contribution in [2.75, 3.05) is 7.11 Å². The summed E-state index contributed by atoms with van der Waals surface area (Å²) in [6, 6.07) is 3.84. The van der Waals surface area contributed by atoms with Crippen LogP contribution in [0.15, 0.2) is 24.3 Å². The van der Waals surface area contributed by atoms with Gasteiger partial charge in [0.1, 0.15) is 11.6 Å². The van der Waals surface area contributed by atoms with Crippen molar-refractivity contribution in [1.29, 1.82) is 0 Å². The largest absolute Gasteiger partial charge is 0.496 e. The second-order valence-corrected chi connectivity index (χ2v) is 4.34. The summed E-state index contributed by atoms with van der Waals surface area (Å²) < 4.78 is 18.5. The van der Waals surface area contributed by atoms with Gasteiger partial charge in [-0.2, -0.15) is 0 Å². The summed E-state index contributed by atoms with van der Waals surface area (Å²) in [5.74, 6) is -2.13. The molecule has 5 heteroatoms. The Labute approximate surface area is 109 Å². The third-order valence-electron chi connectivity index (χ3n) is 3.14. The second kappa shape index (κ2) is 5.22.